The molecule has 18 heavy (non-hydrogen) atoms. The molecule has 3 rings (SSSR count). The van der Waals surface area contributed by atoms with Crippen LogP contribution in [0.4, 0.5) is 5.69 Å². The van der Waals surface area contributed by atoms with Crippen molar-refractivity contribution < 1.29 is 0 Å². The maximum absolute atomic E-state index is 4.44. The Bertz CT molecular complexity index is 546. The minimum Gasteiger partial charge on any atom is -0.376 e. The Kier molecular flexibility index (Phi) is 2.78. The van der Waals surface area contributed by atoms with Gasteiger partial charge >= 0.3 is 0 Å². The number of hydrogen-bond acceptors (Lipinski definition) is 2. The van der Waals surface area contributed by atoms with Crippen LogP contribution < -0.4 is 5.32 Å². The molecule has 2 heterocycles. The zero-order valence-electron chi connectivity index (χ0n) is 10.9. The number of nitrogens with one attached hydrogen (secondary N) is 1. The van der Waals surface area contributed by atoms with Crippen LogP contribution >= 0.6 is 0 Å². The molecular weight excluding hydrogens is 220 g/mol. The van der Waals surface area contributed by atoms with E-state index in [4.69, 9.17) is 0 Å². The van der Waals surface area contributed by atoms with Gasteiger partial charge in [-0.25, -0.2) is 0 Å². The van der Waals surface area contributed by atoms with Gasteiger partial charge in [0.05, 0.1) is 11.7 Å². The molecule has 0 aliphatic carbocycles. The van der Waals surface area contributed by atoms with Crippen LogP contribution in [-0.2, 0) is 6.42 Å². The summed E-state index contributed by atoms with van der Waals surface area (Å²) in [6.07, 6.45) is 2.90. The molecule has 0 bridgehead atoms. The molecule has 1 N–H and O–H groups in total. The van der Waals surface area contributed by atoms with Crippen molar-refractivity contribution in [3.63, 3.8) is 0 Å². The molecule has 0 fully saturated rings. The van der Waals surface area contributed by atoms with Gasteiger partial charge in [-0.1, -0.05) is 32.0 Å². The average Bonchev–Trinajstić information content (AvgIpc) is 2.82. The summed E-state index contributed by atoms with van der Waals surface area (Å²) < 4.78 is 0. The quantitative estimate of drug-likeness (QED) is 0.858. The van der Waals surface area contributed by atoms with E-state index in [-0.39, 0.29) is 0 Å². The summed E-state index contributed by atoms with van der Waals surface area (Å²) in [6.45, 7) is 4.47. The average molecular weight is 238 g/mol. The number of hydrogen-bond donors (Lipinski definition) is 1. The number of rotatable bonds is 2. The van der Waals surface area contributed by atoms with Crippen LogP contribution in [0.3, 0.4) is 0 Å². The van der Waals surface area contributed by atoms with E-state index in [1.807, 2.05) is 18.3 Å². The van der Waals surface area contributed by atoms with Crippen LogP contribution in [-0.4, -0.2) is 4.98 Å². The molecule has 0 spiro atoms. The Morgan fingerprint density at radius 3 is 2.83 bits per heavy atom. The van der Waals surface area contributed by atoms with Crippen LogP contribution in [0, 0.1) is 0 Å². The lowest BCUT2D eigenvalue weighted by molar-refractivity contribution is 0.786. The zero-order chi connectivity index (χ0) is 12.5. The van der Waals surface area contributed by atoms with E-state index in [1.54, 1.807) is 0 Å². The molecule has 2 aromatic rings. The van der Waals surface area contributed by atoms with Gasteiger partial charge in [0.1, 0.15) is 0 Å². The van der Waals surface area contributed by atoms with Gasteiger partial charge in [-0.3, -0.25) is 4.98 Å². The summed E-state index contributed by atoms with van der Waals surface area (Å²) in [4.78, 5) is 4.44. The third-order valence-electron chi connectivity index (χ3n) is 3.59. The lowest BCUT2D eigenvalue weighted by Gasteiger charge is -2.09. The first-order valence-electron chi connectivity index (χ1n) is 6.54. The summed E-state index contributed by atoms with van der Waals surface area (Å²) in [7, 11) is 0. The van der Waals surface area contributed by atoms with Gasteiger partial charge in [0.2, 0.25) is 0 Å². The van der Waals surface area contributed by atoms with Gasteiger partial charge in [-0.2, -0.15) is 0 Å². The van der Waals surface area contributed by atoms with Crippen molar-refractivity contribution in [2.45, 2.75) is 32.2 Å². The summed E-state index contributed by atoms with van der Waals surface area (Å²) >= 11 is 0. The molecule has 1 atom stereocenters. The standard InChI is InChI=1S/C16H18N2/c1-11(2)12-6-7-14-13(9-12)10-16(18-14)15-5-3-4-8-17-15/h3-9,11,16,18H,10H2,1-2H3. The second kappa shape index (κ2) is 4.45. The fraction of sp³-hybridized carbons (Fsp3) is 0.312. The molecule has 0 saturated heterocycles. The van der Waals surface area contributed by atoms with Crippen molar-refractivity contribution in [1.29, 1.82) is 0 Å². The number of fused-ring (bicyclic) bond motifs is 1. The summed E-state index contributed by atoms with van der Waals surface area (Å²) in [6, 6.07) is 13.2. The molecule has 1 aliphatic rings. The highest BCUT2D eigenvalue weighted by Gasteiger charge is 2.23. The van der Waals surface area contributed by atoms with Gasteiger partial charge in [0.25, 0.3) is 0 Å². The number of anilines is 1. The Morgan fingerprint density at radius 1 is 1.22 bits per heavy atom. The molecule has 1 unspecified atom stereocenters. The van der Waals surface area contributed by atoms with Gasteiger partial charge in [0, 0.05) is 18.3 Å². The van der Waals surface area contributed by atoms with E-state index >= 15 is 0 Å². The molecule has 92 valence electrons. The van der Waals surface area contributed by atoms with E-state index in [2.05, 4.69) is 48.4 Å². The number of benzene rings is 1. The Morgan fingerprint density at radius 2 is 2.11 bits per heavy atom. The van der Waals surface area contributed by atoms with Crippen molar-refractivity contribution in [3.8, 4) is 0 Å². The zero-order valence-corrected chi connectivity index (χ0v) is 10.9. The predicted octanol–water partition coefficient (Wildman–Crippen LogP) is 3.91. The van der Waals surface area contributed by atoms with E-state index in [9.17, 15) is 0 Å². The van der Waals surface area contributed by atoms with Crippen molar-refractivity contribution in [2.75, 3.05) is 5.32 Å². The van der Waals surface area contributed by atoms with Gasteiger partial charge < -0.3 is 5.32 Å². The molecule has 0 amide bonds. The minimum atomic E-state index is 0.323. The molecule has 2 nitrogen and oxygen atoms in total. The Balaban J connectivity index is 1.87. The van der Waals surface area contributed by atoms with E-state index in [0.717, 1.165) is 12.1 Å². The predicted molar refractivity (Wildman–Crippen MR) is 74.8 cm³/mol. The maximum Gasteiger partial charge on any atom is 0.0726 e. The summed E-state index contributed by atoms with van der Waals surface area (Å²) in [5, 5.41) is 3.55. The Labute approximate surface area is 108 Å². The molecule has 2 heteroatoms. The van der Waals surface area contributed by atoms with E-state index in [1.165, 1.54) is 16.8 Å². The number of nitrogens with zero attached hydrogens (tertiary/aromatic N) is 1. The fourth-order valence-corrected chi connectivity index (χ4v) is 2.50. The van der Waals surface area contributed by atoms with Crippen LogP contribution in [0.2, 0.25) is 0 Å². The summed E-state index contributed by atoms with van der Waals surface area (Å²) in [5.74, 6) is 0.587. The third kappa shape index (κ3) is 1.99. The molecule has 0 radical (unpaired) electrons. The maximum atomic E-state index is 4.44. The third-order valence-corrected chi connectivity index (χ3v) is 3.59. The van der Waals surface area contributed by atoms with Crippen molar-refractivity contribution >= 4 is 5.69 Å². The normalized spacial score (nSPS) is 17.6. The highest BCUT2D eigenvalue weighted by atomic mass is 15.0. The summed E-state index contributed by atoms with van der Waals surface area (Å²) in [5.41, 5.74) is 5.21. The van der Waals surface area contributed by atoms with Gasteiger partial charge in [-0.15, -0.1) is 0 Å². The first-order chi connectivity index (χ1) is 8.74. The van der Waals surface area contributed by atoms with Crippen molar-refractivity contribution in [1.82, 2.24) is 4.98 Å². The second-order valence-electron chi connectivity index (χ2n) is 5.23. The molecule has 1 aliphatic heterocycles. The lowest BCUT2D eigenvalue weighted by Crippen LogP contribution is -2.07. The number of aromatic nitrogens is 1. The molecule has 1 aromatic heterocycles. The first kappa shape index (κ1) is 11.3. The number of pyridine rings is 1. The SMILES string of the molecule is CC(C)c1ccc2c(c1)CC(c1ccccn1)N2. The van der Waals surface area contributed by atoms with Gasteiger partial charge in [-0.05, 0) is 35.2 Å². The highest BCUT2D eigenvalue weighted by molar-refractivity contribution is 5.59. The largest absolute Gasteiger partial charge is 0.376 e. The van der Waals surface area contributed by atoms with E-state index in [0.29, 0.717) is 12.0 Å². The smallest absolute Gasteiger partial charge is 0.0726 e. The highest BCUT2D eigenvalue weighted by Crippen LogP contribution is 2.34. The lowest BCUT2D eigenvalue weighted by atomic mass is 9.98. The first-order valence-corrected chi connectivity index (χ1v) is 6.54. The van der Waals surface area contributed by atoms with E-state index < -0.39 is 0 Å². The molecule has 1 aromatic carbocycles. The minimum absolute atomic E-state index is 0.323. The van der Waals surface area contributed by atoms with Crippen LogP contribution in [0.25, 0.3) is 0 Å². The van der Waals surface area contributed by atoms with Crippen LogP contribution in [0.5, 0.6) is 0 Å². The molecular formula is C16H18N2. The van der Waals surface area contributed by atoms with Crippen molar-refractivity contribution in [2.24, 2.45) is 0 Å². The van der Waals surface area contributed by atoms with Crippen LogP contribution in [0.15, 0.2) is 42.6 Å². The topological polar surface area (TPSA) is 24.9 Å². The second-order valence-corrected chi connectivity index (χ2v) is 5.23. The fourth-order valence-electron chi connectivity index (χ4n) is 2.50. The molecule has 0 saturated carbocycles. The van der Waals surface area contributed by atoms with Crippen LogP contribution in [0.1, 0.15) is 42.6 Å². The van der Waals surface area contributed by atoms with Crippen molar-refractivity contribution in [3.05, 3.63) is 59.4 Å². The van der Waals surface area contributed by atoms with Gasteiger partial charge in [0.15, 0.2) is 0 Å². The Hall–Kier alpha value is -1.83. The monoisotopic (exact) mass is 238 g/mol.